The minimum absolute atomic E-state index is 0.0715. The van der Waals surface area contributed by atoms with Gasteiger partial charge in [0.25, 0.3) is 5.91 Å². The fourth-order valence-corrected chi connectivity index (χ4v) is 4.50. The van der Waals surface area contributed by atoms with E-state index in [9.17, 15) is 17.6 Å². The molecule has 9 heteroatoms. The average Bonchev–Trinajstić information content (AvgIpc) is 2.65. The molecule has 3 rings (SSSR count). The van der Waals surface area contributed by atoms with Crippen LogP contribution in [0, 0.1) is 5.82 Å². The molecular weight excluding hydrogens is 439 g/mol. The molecule has 1 N–H and O–H groups in total. The molecule has 1 amide bonds. The van der Waals surface area contributed by atoms with Crippen LogP contribution in [0.25, 0.3) is 0 Å². The van der Waals surface area contributed by atoms with E-state index in [0.717, 1.165) is 0 Å². The number of halogens is 2. The number of ether oxygens (including phenoxy) is 1. The van der Waals surface area contributed by atoms with E-state index in [0.29, 0.717) is 41.9 Å². The van der Waals surface area contributed by atoms with Gasteiger partial charge >= 0.3 is 0 Å². The first kappa shape index (κ1) is 19.9. The SMILES string of the molecule is O=C(Nc1ccc(Br)cc1F)c1ccc(CS(=O)(=O)N2CCOCC2)cc1. The summed E-state index contributed by atoms with van der Waals surface area (Å²) in [6, 6.07) is 10.6. The maximum atomic E-state index is 13.8. The number of anilines is 1. The zero-order valence-electron chi connectivity index (χ0n) is 14.3. The van der Waals surface area contributed by atoms with Gasteiger partial charge in [-0.1, -0.05) is 28.1 Å². The van der Waals surface area contributed by atoms with Crippen molar-refractivity contribution in [3.8, 4) is 0 Å². The van der Waals surface area contributed by atoms with Crippen molar-refractivity contribution in [1.82, 2.24) is 4.31 Å². The Labute approximate surface area is 165 Å². The van der Waals surface area contributed by atoms with E-state index in [1.165, 1.54) is 28.6 Å². The minimum atomic E-state index is -3.43. The van der Waals surface area contributed by atoms with Gasteiger partial charge in [-0.05, 0) is 35.9 Å². The standard InChI is InChI=1S/C18H18BrFN2O4S/c19-15-5-6-17(16(20)11-15)21-18(23)14-3-1-13(2-4-14)12-27(24,25)22-7-9-26-10-8-22/h1-6,11H,7-10,12H2,(H,21,23). The summed E-state index contributed by atoms with van der Waals surface area (Å²) in [7, 11) is -3.43. The molecule has 1 fully saturated rings. The highest BCUT2D eigenvalue weighted by molar-refractivity contribution is 9.10. The number of nitrogens with zero attached hydrogens (tertiary/aromatic N) is 1. The second kappa shape index (κ2) is 8.47. The number of hydrogen-bond donors (Lipinski definition) is 1. The lowest BCUT2D eigenvalue weighted by Gasteiger charge is -2.26. The summed E-state index contributed by atoms with van der Waals surface area (Å²) >= 11 is 3.16. The number of carbonyl (C=O) groups excluding carboxylic acids is 1. The Morgan fingerprint density at radius 2 is 1.81 bits per heavy atom. The molecule has 0 atom stereocenters. The van der Waals surface area contributed by atoms with Crippen LogP contribution in [0.1, 0.15) is 15.9 Å². The molecule has 1 heterocycles. The Balaban J connectivity index is 1.66. The third kappa shape index (κ3) is 5.13. The number of carbonyl (C=O) groups is 1. The first-order valence-corrected chi connectivity index (χ1v) is 10.7. The summed E-state index contributed by atoms with van der Waals surface area (Å²) in [5.74, 6) is -1.17. The smallest absolute Gasteiger partial charge is 0.255 e. The maximum absolute atomic E-state index is 13.8. The molecule has 0 spiro atoms. The molecule has 0 unspecified atom stereocenters. The molecule has 0 aliphatic carbocycles. The van der Waals surface area contributed by atoms with E-state index < -0.39 is 21.7 Å². The fourth-order valence-electron chi connectivity index (χ4n) is 2.66. The van der Waals surface area contributed by atoms with Gasteiger partial charge in [-0.25, -0.2) is 12.8 Å². The molecule has 27 heavy (non-hydrogen) atoms. The summed E-state index contributed by atoms with van der Waals surface area (Å²) in [5.41, 5.74) is 0.958. The normalized spacial score (nSPS) is 15.5. The Morgan fingerprint density at radius 1 is 1.15 bits per heavy atom. The molecule has 0 radical (unpaired) electrons. The van der Waals surface area contributed by atoms with Gasteiger partial charge in [-0.2, -0.15) is 4.31 Å². The molecule has 2 aromatic rings. The van der Waals surface area contributed by atoms with Gasteiger partial charge in [-0.15, -0.1) is 0 Å². The van der Waals surface area contributed by atoms with Gasteiger partial charge in [0.15, 0.2) is 0 Å². The van der Waals surface area contributed by atoms with Gasteiger partial charge < -0.3 is 10.1 Å². The van der Waals surface area contributed by atoms with Gasteiger partial charge in [0.1, 0.15) is 5.82 Å². The van der Waals surface area contributed by atoms with E-state index in [1.54, 1.807) is 18.2 Å². The van der Waals surface area contributed by atoms with Crippen molar-refractivity contribution in [2.24, 2.45) is 0 Å². The Kier molecular flexibility index (Phi) is 6.25. The molecule has 1 saturated heterocycles. The van der Waals surface area contributed by atoms with Crippen molar-refractivity contribution >= 4 is 37.5 Å². The number of amides is 1. The largest absolute Gasteiger partial charge is 0.379 e. The molecule has 0 bridgehead atoms. The van der Waals surface area contributed by atoms with E-state index in [1.807, 2.05) is 0 Å². The van der Waals surface area contributed by atoms with E-state index in [4.69, 9.17) is 4.74 Å². The van der Waals surface area contributed by atoms with Crippen molar-refractivity contribution in [3.63, 3.8) is 0 Å². The van der Waals surface area contributed by atoms with Crippen LogP contribution in [0.5, 0.6) is 0 Å². The second-order valence-corrected chi connectivity index (χ2v) is 8.93. The second-order valence-electron chi connectivity index (χ2n) is 6.04. The highest BCUT2D eigenvalue weighted by atomic mass is 79.9. The highest BCUT2D eigenvalue weighted by Crippen LogP contribution is 2.20. The van der Waals surface area contributed by atoms with Crippen LogP contribution in [0.3, 0.4) is 0 Å². The van der Waals surface area contributed by atoms with Crippen molar-refractivity contribution < 1.29 is 22.3 Å². The van der Waals surface area contributed by atoms with Crippen LogP contribution in [0.15, 0.2) is 46.9 Å². The van der Waals surface area contributed by atoms with Crippen molar-refractivity contribution in [1.29, 1.82) is 0 Å². The Bertz CT molecular complexity index is 929. The molecule has 2 aromatic carbocycles. The third-order valence-corrected chi connectivity index (χ3v) is 6.45. The quantitative estimate of drug-likeness (QED) is 0.749. The number of hydrogen-bond acceptors (Lipinski definition) is 4. The van der Waals surface area contributed by atoms with Gasteiger partial charge in [0.05, 0.1) is 24.7 Å². The van der Waals surface area contributed by atoms with E-state index in [-0.39, 0.29) is 11.4 Å². The minimum Gasteiger partial charge on any atom is -0.379 e. The zero-order chi connectivity index (χ0) is 19.4. The number of nitrogens with one attached hydrogen (secondary N) is 1. The zero-order valence-corrected chi connectivity index (χ0v) is 16.7. The lowest BCUT2D eigenvalue weighted by atomic mass is 10.1. The topological polar surface area (TPSA) is 75.7 Å². The van der Waals surface area contributed by atoms with Crippen LogP contribution >= 0.6 is 15.9 Å². The molecule has 6 nitrogen and oxygen atoms in total. The van der Waals surface area contributed by atoms with Crippen molar-refractivity contribution in [3.05, 3.63) is 63.9 Å². The number of benzene rings is 2. The lowest BCUT2D eigenvalue weighted by Crippen LogP contribution is -2.41. The van der Waals surface area contributed by atoms with Crippen LogP contribution in [-0.2, 0) is 20.5 Å². The highest BCUT2D eigenvalue weighted by Gasteiger charge is 2.24. The molecule has 1 aliphatic heterocycles. The molecule has 0 aromatic heterocycles. The Morgan fingerprint density at radius 3 is 2.44 bits per heavy atom. The lowest BCUT2D eigenvalue weighted by molar-refractivity contribution is 0.0729. The molecule has 144 valence electrons. The summed E-state index contributed by atoms with van der Waals surface area (Å²) in [6.07, 6.45) is 0. The summed E-state index contributed by atoms with van der Waals surface area (Å²) in [6.45, 7) is 1.49. The molecule has 1 aliphatic rings. The number of rotatable bonds is 5. The van der Waals surface area contributed by atoms with Gasteiger partial charge in [0, 0.05) is 23.1 Å². The maximum Gasteiger partial charge on any atom is 0.255 e. The summed E-state index contributed by atoms with van der Waals surface area (Å²) in [5, 5.41) is 2.50. The monoisotopic (exact) mass is 456 g/mol. The first-order chi connectivity index (χ1) is 12.8. The van der Waals surface area contributed by atoms with E-state index >= 15 is 0 Å². The summed E-state index contributed by atoms with van der Waals surface area (Å²) < 4.78 is 45.8. The van der Waals surface area contributed by atoms with Gasteiger partial charge in [-0.3, -0.25) is 4.79 Å². The van der Waals surface area contributed by atoms with Crippen molar-refractivity contribution in [2.45, 2.75) is 5.75 Å². The average molecular weight is 457 g/mol. The van der Waals surface area contributed by atoms with Crippen LogP contribution in [0.4, 0.5) is 10.1 Å². The predicted octanol–water partition coefficient (Wildman–Crippen LogP) is 3.00. The van der Waals surface area contributed by atoms with Crippen molar-refractivity contribution in [2.75, 3.05) is 31.6 Å². The third-order valence-electron chi connectivity index (χ3n) is 4.11. The van der Waals surface area contributed by atoms with Crippen LogP contribution in [0.2, 0.25) is 0 Å². The van der Waals surface area contributed by atoms with E-state index in [2.05, 4.69) is 21.2 Å². The number of sulfonamides is 1. The molecule has 0 saturated carbocycles. The van der Waals surface area contributed by atoms with Crippen LogP contribution < -0.4 is 5.32 Å². The first-order valence-electron chi connectivity index (χ1n) is 8.26. The molecular formula is C18H18BrFN2O4S. The predicted molar refractivity (Wildman–Crippen MR) is 104 cm³/mol. The Hall–Kier alpha value is -1.81. The number of morpholine rings is 1. The van der Waals surface area contributed by atoms with Crippen LogP contribution in [-0.4, -0.2) is 44.9 Å². The van der Waals surface area contributed by atoms with Gasteiger partial charge in [0.2, 0.25) is 10.0 Å². The fraction of sp³-hybridized carbons (Fsp3) is 0.278. The summed E-state index contributed by atoms with van der Waals surface area (Å²) in [4.78, 5) is 12.3.